The number of carbonyl (C=O) groups is 2. The highest BCUT2D eigenvalue weighted by Gasteiger charge is 2.76. The van der Waals surface area contributed by atoms with Gasteiger partial charge >= 0.3 is 0 Å². The molecule has 2 aromatic rings. The maximum absolute atomic E-state index is 13.6. The molecule has 2 aromatic carbocycles. The number of nitrogens with zero attached hydrogens (tertiary/aromatic N) is 1. The number of Topliss-reactive ketones (excluding diaryl/α,β-unsaturated/α-hetero) is 1. The summed E-state index contributed by atoms with van der Waals surface area (Å²) in [6.45, 7) is 6.06. The molecule has 0 aromatic heterocycles. The lowest BCUT2D eigenvalue weighted by atomic mass is 9.64. The van der Waals surface area contributed by atoms with Crippen molar-refractivity contribution in [2.24, 2.45) is 21.3 Å². The molecule has 4 rings (SSSR count). The van der Waals surface area contributed by atoms with Crippen LogP contribution in [-0.4, -0.2) is 24.5 Å². The van der Waals surface area contributed by atoms with E-state index in [1.54, 1.807) is 19.2 Å². The first-order valence-corrected chi connectivity index (χ1v) is 10.2. The van der Waals surface area contributed by atoms with Crippen LogP contribution in [0.4, 0.5) is 11.4 Å². The largest absolute Gasteiger partial charge is 0.497 e. The molecule has 0 saturated heterocycles. The minimum absolute atomic E-state index is 0.190. The molecule has 2 atom stereocenters. The Hall–Kier alpha value is -3.15. The molecule has 2 unspecified atom stereocenters. The highest BCUT2D eigenvalue weighted by molar-refractivity contribution is 6.51. The lowest BCUT2D eigenvalue weighted by Crippen LogP contribution is -2.47. The molecule has 30 heavy (non-hydrogen) atoms. The fourth-order valence-electron chi connectivity index (χ4n) is 5.04. The van der Waals surface area contributed by atoms with Gasteiger partial charge in [-0.2, -0.15) is 5.10 Å². The van der Waals surface area contributed by atoms with Gasteiger partial charge in [-0.25, -0.2) is 0 Å². The molecule has 0 radical (unpaired) electrons. The van der Waals surface area contributed by atoms with Crippen molar-refractivity contribution in [3.8, 4) is 5.75 Å². The third kappa shape index (κ3) is 2.66. The van der Waals surface area contributed by atoms with Gasteiger partial charge in [-0.1, -0.05) is 45.0 Å². The van der Waals surface area contributed by atoms with E-state index in [-0.39, 0.29) is 11.7 Å². The molecule has 2 bridgehead atoms. The predicted molar refractivity (Wildman–Crippen MR) is 118 cm³/mol. The van der Waals surface area contributed by atoms with E-state index in [9.17, 15) is 9.59 Å². The van der Waals surface area contributed by atoms with Crippen molar-refractivity contribution in [1.82, 2.24) is 0 Å². The second kappa shape index (κ2) is 6.97. The van der Waals surface area contributed by atoms with Crippen LogP contribution in [0.1, 0.15) is 33.6 Å². The summed E-state index contributed by atoms with van der Waals surface area (Å²) >= 11 is 0. The minimum Gasteiger partial charge on any atom is -0.497 e. The van der Waals surface area contributed by atoms with Crippen molar-refractivity contribution >= 4 is 28.8 Å². The molecule has 156 valence electrons. The van der Waals surface area contributed by atoms with Gasteiger partial charge in [-0.3, -0.25) is 15.0 Å². The lowest BCUT2D eigenvalue weighted by Gasteiger charge is -2.37. The van der Waals surface area contributed by atoms with E-state index in [4.69, 9.17) is 4.74 Å². The molecule has 2 N–H and O–H groups in total. The van der Waals surface area contributed by atoms with Gasteiger partial charge < -0.3 is 10.1 Å². The number of fused-ring (bicyclic) bond motifs is 2. The van der Waals surface area contributed by atoms with Crippen molar-refractivity contribution in [2.75, 3.05) is 17.9 Å². The first kappa shape index (κ1) is 20.1. The number of nitrogens with one attached hydrogen (secondary N) is 2. The molecule has 0 heterocycles. The molecule has 1 amide bonds. The quantitative estimate of drug-likeness (QED) is 0.567. The fourth-order valence-corrected chi connectivity index (χ4v) is 5.04. The SMILES string of the molecule is COc1cccc(NC(=O)C23CCC(C)(/C(=N/Nc4ccccc4)C2=O)C3(C)C)c1. The number of anilines is 2. The Morgan fingerprint density at radius 3 is 2.40 bits per heavy atom. The zero-order valence-electron chi connectivity index (χ0n) is 17.8. The second-order valence-corrected chi connectivity index (χ2v) is 8.82. The van der Waals surface area contributed by atoms with Gasteiger partial charge in [0.1, 0.15) is 16.9 Å². The van der Waals surface area contributed by atoms with Gasteiger partial charge in [0.05, 0.1) is 12.8 Å². The van der Waals surface area contributed by atoms with Gasteiger partial charge in [-0.05, 0) is 42.5 Å². The summed E-state index contributed by atoms with van der Waals surface area (Å²) in [6.07, 6.45) is 1.24. The summed E-state index contributed by atoms with van der Waals surface area (Å²) < 4.78 is 5.25. The number of methoxy groups -OCH3 is 1. The Balaban J connectivity index is 1.68. The van der Waals surface area contributed by atoms with Crippen molar-refractivity contribution in [3.05, 3.63) is 54.6 Å². The summed E-state index contributed by atoms with van der Waals surface area (Å²) in [5.41, 5.74) is 2.65. The third-order valence-corrected chi connectivity index (χ3v) is 7.36. The van der Waals surface area contributed by atoms with Gasteiger partial charge in [0.2, 0.25) is 5.91 Å². The Morgan fingerprint density at radius 1 is 1.00 bits per heavy atom. The molecule has 2 fully saturated rings. The number of hydrogen-bond donors (Lipinski definition) is 2. The number of para-hydroxylation sites is 1. The monoisotopic (exact) mass is 405 g/mol. The molecule has 2 saturated carbocycles. The predicted octanol–water partition coefficient (Wildman–Crippen LogP) is 4.50. The smallest absolute Gasteiger partial charge is 0.239 e. The topological polar surface area (TPSA) is 79.8 Å². The minimum atomic E-state index is -1.15. The highest BCUT2D eigenvalue weighted by Crippen LogP contribution is 2.69. The first-order chi connectivity index (χ1) is 14.3. The Morgan fingerprint density at radius 2 is 1.70 bits per heavy atom. The number of amides is 1. The highest BCUT2D eigenvalue weighted by atomic mass is 16.5. The van der Waals surface area contributed by atoms with Gasteiger partial charge in [0, 0.05) is 17.2 Å². The summed E-state index contributed by atoms with van der Waals surface area (Å²) in [7, 11) is 1.58. The van der Waals surface area contributed by atoms with Crippen LogP contribution in [0.15, 0.2) is 59.7 Å². The van der Waals surface area contributed by atoms with Crippen LogP contribution in [0.5, 0.6) is 5.75 Å². The van der Waals surface area contributed by atoms with Gasteiger partial charge in [0.25, 0.3) is 0 Å². The van der Waals surface area contributed by atoms with Crippen LogP contribution in [0.25, 0.3) is 0 Å². The zero-order chi connectivity index (χ0) is 21.6. The van der Waals surface area contributed by atoms with E-state index < -0.39 is 16.2 Å². The molecule has 0 spiro atoms. The maximum atomic E-state index is 13.6. The number of carbonyl (C=O) groups excluding carboxylic acids is 2. The van der Waals surface area contributed by atoms with E-state index in [0.29, 0.717) is 23.6 Å². The van der Waals surface area contributed by atoms with Crippen LogP contribution in [0, 0.1) is 16.2 Å². The van der Waals surface area contributed by atoms with Crippen molar-refractivity contribution < 1.29 is 14.3 Å². The molecule has 6 nitrogen and oxygen atoms in total. The van der Waals surface area contributed by atoms with Crippen molar-refractivity contribution in [2.45, 2.75) is 33.6 Å². The van der Waals surface area contributed by atoms with Crippen molar-refractivity contribution in [3.63, 3.8) is 0 Å². The number of hydrogen-bond acceptors (Lipinski definition) is 5. The van der Waals surface area contributed by atoms with Gasteiger partial charge in [-0.15, -0.1) is 0 Å². The molecular formula is C24H27N3O3. The molecular weight excluding hydrogens is 378 g/mol. The average Bonchev–Trinajstić information content (AvgIpc) is 3.02. The molecule has 2 aliphatic carbocycles. The van der Waals surface area contributed by atoms with Crippen LogP contribution in [-0.2, 0) is 9.59 Å². The van der Waals surface area contributed by atoms with E-state index >= 15 is 0 Å². The zero-order valence-corrected chi connectivity index (χ0v) is 17.8. The third-order valence-electron chi connectivity index (χ3n) is 7.36. The molecule has 0 aliphatic heterocycles. The maximum Gasteiger partial charge on any atom is 0.239 e. The summed E-state index contributed by atoms with van der Waals surface area (Å²) in [5, 5.41) is 7.46. The molecule has 2 aliphatic rings. The van der Waals surface area contributed by atoms with Crippen molar-refractivity contribution in [1.29, 1.82) is 0 Å². The van der Waals surface area contributed by atoms with Gasteiger partial charge in [0.15, 0.2) is 5.78 Å². The van der Waals surface area contributed by atoms with Crippen LogP contribution < -0.4 is 15.5 Å². The lowest BCUT2D eigenvalue weighted by molar-refractivity contribution is -0.139. The second-order valence-electron chi connectivity index (χ2n) is 8.82. The van der Waals surface area contributed by atoms with E-state index in [0.717, 1.165) is 12.1 Å². The van der Waals surface area contributed by atoms with E-state index in [2.05, 4.69) is 15.8 Å². The fraction of sp³-hybridized carbons (Fsp3) is 0.375. The Bertz CT molecular complexity index is 1030. The van der Waals surface area contributed by atoms with Crippen LogP contribution in [0.2, 0.25) is 0 Å². The number of rotatable bonds is 5. The van der Waals surface area contributed by atoms with Crippen LogP contribution in [0.3, 0.4) is 0 Å². The van der Waals surface area contributed by atoms with E-state index in [1.807, 2.05) is 63.2 Å². The Labute approximate surface area is 176 Å². The normalized spacial score (nSPS) is 27.9. The Kier molecular flexibility index (Phi) is 4.68. The number of benzene rings is 2. The molecule has 6 heteroatoms. The number of hydrazone groups is 1. The summed E-state index contributed by atoms with van der Waals surface area (Å²) in [6, 6.07) is 16.7. The van der Waals surface area contributed by atoms with E-state index in [1.165, 1.54) is 0 Å². The summed E-state index contributed by atoms with van der Waals surface area (Å²) in [5.74, 6) is 0.178. The standard InChI is InChI=1S/C24H27N3O3/c1-22(2)23(3)13-14-24(22,21(29)25-17-11-8-12-18(15-17)30-4)20(28)19(23)27-26-16-9-6-5-7-10-16/h5-12,15,26H,13-14H2,1-4H3,(H,25,29)/b27-19+. The summed E-state index contributed by atoms with van der Waals surface area (Å²) in [4.78, 5) is 27.2. The van der Waals surface area contributed by atoms with Crippen LogP contribution >= 0.6 is 0 Å². The first-order valence-electron chi connectivity index (χ1n) is 10.2. The number of ether oxygens (including phenoxy) is 1. The average molecular weight is 405 g/mol. The number of ketones is 1.